The van der Waals surface area contributed by atoms with E-state index in [-0.39, 0.29) is 6.54 Å². The van der Waals surface area contributed by atoms with Crippen LogP contribution in [0, 0.1) is 0 Å². The van der Waals surface area contributed by atoms with Crippen LogP contribution in [0.2, 0.25) is 5.02 Å². The first kappa shape index (κ1) is 12.0. The van der Waals surface area contributed by atoms with Crippen molar-refractivity contribution in [2.75, 3.05) is 20.1 Å². The summed E-state index contributed by atoms with van der Waals surface area (Å²) in [4.78, 5) is 12.2. The van der Waals surface area contributed by atoms with Crippen LogP contribution in [-0.2, 0) is 11.2 Å². The zero-order valence-electron chi connectivity index (χ0n) is 8.61. The summed E-state index contributed by atoms with van der Waals surface area (Å²) in [5, 5.41) is 9.28. The molecular weight excluding hydrogens is 214 g/mol. The molecule has 0 unspecified atom stereocenters. The third kappa shape index (κ3) is 4.81. The van der Waals surface area contributed by atoms with E-state index in [0.717, 1.165) is 23.6 Å². The summed E-state index contributed by atoms with van der Waals surface area (Å²) in [6.45, 7) is 0.807. The Balaban J connectivity index is 2.36. The van der Waals surface area contributed by atoms with E-state index in [9.17, 15) is 4.79 Å². The lowest BCUT2D eigenvalue weighted by molar-refractivity contribution is -0.137. The van der Waals surface area contributed by atoms with Crippen molar-refractivity contribution in [2.24, 2.45) is 0 Å². The number of carboxylic acids is 1. The number of hydrogen-bond acceptors (Lipinski definition) is 2. The third-order valence-electron chi connectivity index (χ3n) is 2.10. The number of aliphatic carboxylic acids is 1. The van der Waals surface area contributed by atoms with E-state index in [1.807, 2.05) is 24.3 Å². The Kier molecular flexibility index (Phi) is 4.59. The molecule has 4 heteroatoms. The molecule has 0 aromatic heterocycles. The Bertz CT molecular complexity index is 324. The summed E-state index contributed by atoms with van der Waals surface area (Å²) in [5.74, 6) is -0.798. The minimum Gasteiger partial charge on any atom is -0.480 e. The van der Waals surface area contributed by atoms with Crippen LogP contribution in [0.15, 0.2) is 24.3 Å². The predicted molar refractivity (Wildman–Crippen MR) is 60.3 cm³/mol. The quantitative estimate of drug-likeness (QED) is 0.835. The average molecular weight is 228 g/mol. The molecule has 1 aromatic rings. The first-order valence-electron chi connectivity index (χ1n) is 4.72. The van der Waals surface area contributed by atoms with E-state index in [1.54, 1.807) is 11.9 Å². The molecule has 0 spiro atoms. The highest BCUT2D eigenvalue weighted by molar-refractivity contribution is 6.30. The molecule has 0 aliphatic rings. The Labute approximate surface area is 94.3 Å². The van der Waals surface area contributed by atoms with Crippen LogP contribution < -0.4 is 0 Å². The van der Waals surface area contributed by atoms with E-state index in [4.69, 9.17) is 16.7 Å². The lowest BCUT2D eigenvalue weighted by Gasteiger charge is -2.13. The predicted octanol–water partition coefficient (Wildman–Crippen LogP) is 1.90. The second-order valence-electron chi connectivity index (χ2n) is 3.51. The lowest BCUT2D eigenvalue weighted by Crippen LogP contribution is -2.27. The van der Waals surface area contributed by atoms with Gasteiger partial charge in [-0.2, -0.15) is 0 Å². The van der Waals surface area contributed by atoms with Gasteiger partial charge in [0.05, 0.1) is 6.54 Å². The zero-order chi connectivity index (χ0) is 11.3. The van der Waals surface area contributed by atoms with Gasteiger partial charge in [0.2, 0.25) is 0 Å². The maximum atomic E-state index is 10.4. The number of rotatable bonds is 5. The number of carbonyl (C=O) groups is 1. The van der Waals surface area contributed by atoms with Crippen molar-refractivity contribution in [3.8, 4) is 0 Å². The van der Waals surface area contributed by atoms with Gasteiger partial charge in [0, 0.05) is 11.6 Å². The van der Waals surface area contributed by atoms with Gasteiger partial charge < -0.3 is 5.11 Å². The topological polar surface area (TPSA) is 40.5 Å². The van der Waals surface area contributed by atoms with Crippen molar-refractivity contribution in [1.29, 1.82) is 0 Å². The molecule has 1 rings (SSSR count). The van der Waals surface area contributed by atoms with Crippen molar-refractivity contribution < 1.29 is 9.90 Å². The highest BCUT2D eigenvalue weighted by atomic mass is 35.5. The molecular formula is C11H14ClNO2. The Morgan fingerprint density at radius 3 is 2.53 bits per heavy atom. The zero-order valence-corrected chi connectivity index (χ0v) is 9.37. The van der Waals surface area contributed by atoms with Gasteiger partial charge in [-0.1, -0.05) is 23.7 Å². The molecule has 82 valence electrons. The van der Waals surface area contributed by atoms with Gasteiger partial charge in [0.1, 0.15) is 0 Å². The van der Waals surface area contributed by atoms with E-state index in [0.29, 0.717) is 0 Å². The van der Waals surface area contributed by atoms with Gasteiger partial charge in [-0.25, -0.2) is 0 Å². The minimum absolute atomic E-state index is 0.0770. The summed E-state index contributed by atoms with van der Waals surface area (Å²) in [7, 11) is 1.80. The van der Waals surface area contributed by atoms with Gasteiger partial charge in [0.15, 0.2) is 0 Å². The molecule has 0 radical (unpaired) electrons. The van der Waals surface area contributed by atoms with Gasteiger partial charge >= 0.3 is 5.97 Å². The fourth-order valence-electron chi connectivity index (χ4n) is 1.28. The molecule has 0 aliphatic carbocycles. The molecule has 3 nitrogen and oxygen atoms in total. The number of halogens is 1. The summed E-state index contributed by atoms with van der Waals surface area (Å²) in [5.41, 5.74) is 1.16. The van der Waals surface area contributed by atoms with Crippen LogP contribution in [0.5, 0.6) is 0 Å². The fourth-order valence-corrected chi connectivity index (χ4v) is 1.41. The van der Waals surface area contributed by atoms with E-state index < -0.39 is 5.97 Å². The Hall–Kier alpha value is -1.06. The van der Waals surface area contributed by atoms with E-state index in [2.05, 4.69) is 0 Å². The largest absolute Gasteiger partial charge is 0.480 e. The molecule has 0 saturated carbocycles. The molecule has 0 atom stereocenters. The van der Waals surface area contributed by atoms with Crippen LogP contribution in [0.25, 0.3) is 0 Å². The number of likely N-dealkylation sites (N-methyl/N-ethyl adjacent to an activating group) is 1. The number of nitrogens with zero attached hydrogens (tertiary/aromatic N) is 1. The van der Waals surface area contributed by atoms with Crippen molar-refractivity contribution >= 4 is 17.6 Å². The van der Waals surface area contributed by atoms with E-state index >= 15 is 0 Å². The van der Waals surface area contributed by atoms with Crippen molar-refractivity contribution in [3.63, 3.8) is 0 Å². The van der Waals surface area contributed by atoms with Crippen LogP contribution >= 0.6 is 11.6 Å². The summed E-state index contributed by atoms with van der Waals surface area (Å²) >= 11 is 5.76. The highest BCUT2D eigenvalue weighted by Gasteiger charge is 2.03. The molecule has 0 amide bonds. The molecule has 0 saturated heterocycles. The third-order valence-corrected chi connectivity index (χ3v) is 2.35. The molecule has 0 bridgehead atoms. The van der Waals surface area contributed by atoms with Gasteiger partial charge in [-0.15, -0.1) is 0 Å². The second-order valence-corrected chi connectivity index (χ2v) is 3.94. The number of carboxylic acid groups (broad SMARTS) is 1. The average Bonchev–Trinajstić information content (AvgIpc) is 2.16. The van der Waals surface area contributed by atoms with Crippen LogP contribution in [0.1, 0.15) is 5.56 Å². The molecule has 0 fully saturated rings. The monoisotopic (exact) mass is 227 g/mol. The molecule has 0 heterocycles. The minimum atomic E-state index is -0.798. The maximum absolute atomic E-state index is 10.4. The smallest absolute Gasteiger partial charge is 0.317 e. The molecule has 1 N–H and O–H groups in total. The van der Waals surface area contributed by atoms with Gasteiger partial charge in [0.25, 0.3) is 0 Å². The lowest BCUT2D eigenvalue weighted by atomic mass is 10.1. The molecule has 15 heavy (non-hydrogen) atoms. The molecule has 1 aromatic carbocycles. The second kappa shape index (κ2) is 5.73. The van der Waals surface area contributed by atoms with E-state index in [1.165, 1.54) is 0 Å². The summed E-state index contributed by atoms with van der Waals surface area (Å²) in [6, 6.07) is 7.59. The van der Waals surface area contributed by atoms with Crippen LogP contribution in [0.4, 0.5) is 0 Å². The summed E-state index contributed by atoms with van der Waals surface area (Å²) < 4.78 is 0. The summed E-state index contributed by atoms with van der Waals surface area (Å²) in [6.07, 6.45) is 0.834. The molecule has 0 aliphatic heterocycles. The standard InChI is InChI=1S/C11H14ClNO2/c1-13(8-11(14)15)7-6-9-2-4-10(12)5-3-9/h2-5H,6-8H2,1H3,(H,14,15). The van der Waals surface area contributed by atoms with Crippen molar-refractivity contribution in [2.45, 2.75) is 6.42 Å². The van der Waals surface area contributed by atoms with Crippen LogP contribution in [-0.4, -0.2) is 36.1 Å². The maximum Gasteiger partial charge on any atom is 0.317 e. The number of benzene rings is 1. The van der Waals surface area contributed by atoms with Crippen LogP contribution in [0.3, 0.4) is 0 Å². The fraction of sp³-hybridized carbons (Fsp3) is 0.364. The Morgan fingerprint density at radius 1 is 1.40 bits per heavy atom. The van der Waals surface area contributed by atoms with Crippen molar-refractivity contribution in [3.05, 3.63) is 34.9 Å². The normalized spacial score (nSPS) is 10.6. The Morgan fingerprint density at radius 2 is 2.00 bits per heavy atom. The highest BCUT2D eigenvalue weighted by Crippen LogP contribution is 2.09. The first-order chi connectivity index (χ1) is 7.08. The van der Waals surface area contributed by atoms with Crippen molar-refractivity contribution in [1.82, 2.24) is 4.90 Å². The SMILES string of the molecule is CN(CCc1ccc(Cl)cc1)CC(=O)O. The van der Waals surface area contributed by atoms with Gasteiger partial charge in [-0.3, -0.25) is 9.69 Å². The number of hydrogen-bond donors (Lipinski definition) is 1. The first-order valence-corrected chi connectivity index (χ1v) is 5.10. The van der Waals surface area contributed by atoms with Gasteiger partial charge in [-0.05, 0) is 31.2 Å².